The van der Waals surface area contributed by atoms with Crippen molar-refractivity contribution in [3.8, 4) is 23.1 Å². The summed E-state index contributed by atoms with van der Waals surface area (Å²) in [6, 6.07) is 16.7. The predicted molar refractivity (Wildman–Crippen MR) is 104 cm³/mol. The maximum Gasteiger partial charge on any atom is 0.516 e. The second-order valence-corrected chi connectivity index (χ2v) is 6.71. The van der Waals surface area contributed by atoms with Gasteiger partial charge >= 0.3 is 12.1 Å². The lowest BCUT2D eigenvalue weighted by molar-refractivity contribution is 0.0839. The zero-order chi connectivity index (χ0) is 19.9. The molecule has 0 bridgehead atoms. The molecule has 0 aliphatic heterocycles. The molecule has 1 aromatic heterocycles. The molecule has 0 amide bonds. The van der Waals surface area contributed by atoms with Crippen LogP contribution in [0.15, 0.2) is 59.0 Å². The summed E-state index contributed by atoms with van der Waals surface area (Å²) < 4.78 is 21.4. The highest BCUT2D eigenvalue weighted by atomic mass is 16.8. The maximum absolute atomic E-state index is 12.1. The van der Waals surface area contributed by atoms with E-state index < -0.39 is 6.16 Å². The second-order valence-electron chi connectivity index (χ2n) is 6.71. The summed E-state index contributed by atoms with van der Waals surface area (Å²) in [6.07, 6.45) is -0.215. The number of carbonyl (C=O) groups is 1. The van der Waals surface area contributed by atoms with E-state index in [4.69, 9.17) is 18.6 Å². The molecule has 0 radical (unpaired) electrons. The molecule has 3 rings (SSSR count). The Labute approximate surface area is 164 Å². The minimum Gasteiger partial charge on any atom is -0.497 e. The third-order valence-electron chi connectivity index (χ3n) is 3.98. The Morgan fingerprint density at radius 2 is 1.79 bits per heavy atom. The molecule has 0 saturated heterocycles. The molecule has 146 valence electrons. The van der Waals surface area contributed by atoms with E-state index in [9.17, 15) is 4.79 Å². The molecule has 0 aliphatic carbocycles. The van der Waals surface area contributed by atoms with Crippen LogP contribution in [-0.4, -0.2) is 18.2 Å². The van der Waals surface area contributed by atoms with Crippen LogP contribution in [-0.2, 0) is 17.8 Å². The predicted octanol–water partition coefficient (Wildman–Crippen LogP) is 5.26. The topological polar surface area (TPSA) is 70.8 Å². The monoisotopic (exact) mass is 381 g/mol. The summed E-state index contributed by atoms with van der Waals surface area (Å²) in [4.78, 5) is 16.6. The number of nitrogens with zero attached hydrogens (tertiary/aromatic N) is 1. The molecule has 0 atom stereocenters. The SMILES string of the molecule is COc1ccc(-c2nc(CC(C)C)c(OC(=O)OCc3ccccc3)o2)cc1. The van der Waals surface area contributed by atoms with Crippen molar-refractivity contribution >= 4 is 6.16 Å². The van der Waals surface area contributed by atoms with E-state index in [-0.39, 0.29) is 12.6 Å². The van der Waals surface area contributed by atoms with E-state index in [0.717, 1.165) is 16.9 Å². The van der Waals surface area contributed by atoms with Crippen LogP contribution < -0.4 is 9.47 Å². The Morgan fingerprint density at radius 3 is 2.43 bits per heavy atom. The van der Waals surface area contributed by atoms with Crippen molar-refractivity contribution in [1.29, 1.82) is 0 Å². The first-order valence-corrected chi connectivity index (χ1v) is 9.08. The van der Waals surface area contributed by atoms with Gasteiger partial charge in [-0.05, 0) is 42.2 Å². The normalized spacial score (nSPS) is 10.7. The average Bonchev–Trinajstić information content (AvgIpc) is 3.09. The Bertz CT molecular complexity index is 900. The largest absolute Gasteiger partial charge is 0.516 e. The van der Waals surface area contributed by atoms with Crippen molar-refractivity contribution in [3.05, 3.63) is 65.9 Å². The minimum atomic E-state index is -0.828. The molecule has 3 aromatic rings. The molecular formula is C22H23NO5. The van der Waals surface area contributed by atoms with Crippen LogP contribution in [0.4, 0.5) is 4.79 Å². The van der Waals surface area contributed by atoms with Crippen LogP contribution in [0, 0.1) is 5.92 Å². The Morgan fingerprint density at radius 1 is 1.07 bits per heavy atom. The van der Waals surface area contributed by atoms with Gasteiger partial charge in [-0.15, -0.1) is 0 Å². The first-order chi connectivity index (χ1) is 13.5. The van der Waals surface area contributed by atoms with Crippen LogP contribution in [0.5, 0.6) is 11.7 Å². The zero-order valence-electron chi connectivity index (χ0n) is 16.2. The average molecular weight is 381 g/mol. The summed E-state index contributed by atoms with van der Waals surface area (Å²) in [7, 11) is 1.61. The van der Waals surface area contributed by atoms with Gasteiger partial charge < -0.3 is 18.6 Å². The van der Waals surface area contributed by atoms with Gasteiger partial charge in [-0.1, -0.05) is 44.2 Å². The fraction of sp³-hybridized carbons (Fsp3) is 0.273. The van der Waals surface area contributed by atoms with E-state index in [0.29, 0.717) is 23.9 Å². The lowest BCUT2D eigenvalue weighted by Gasteiger charge is -2.06. The van der Waals surface area contributed by atoms with Gasteiger partial charge in [0.25, 0.3) is 0 Å². The van der Waals surface area contributed by atoms with Gasteiger partial charge in [0.05, 0.1) is 7.11 Å². The van der Waals surface area contributed by atoms with Gasteiger partial charge in [-0.3, -0.25) is 0 Å². The van der Waals surface area contributed by atoms with Gasteiger partial charge in [0, 0.05) is 5.56 Å². The third-order valence-corrected chi connectivity index (χ3v) is 3.98. The number of rotatable bonds is 7. The molecular weight excluding hydrogens is 358 g/mol. The van der Waals surface area contributed by atoms with Crippen LogP contribution in [0.2, 0.25) is 0 Å². The van der Waals surface area contributed by atoms with Crippen LogP contribution in [0.1, 0.15) is 25.1 Å². The van der Waals surface area contributed by atoms with Gasteiger partial charge in [0.1, 0.15) is 18.1 Å². The van der Waals surface area contributed by atoms with Gasteiger partial charge in [-0.2, -0.15) is 0 Å². The van der Waals surface area contributed by atoms with Crippen molar-refractivity contribution < 1.29 is 23.4 Å². The van der Waals surface area contributed by atoms with Crippen LogP contribution >= 0.6 is 0 Å². The lowest BCUT2D eigenvalue weighted by atomic mass is 10.1. The fourth-order valence-corrected chi connectivity index (χ4v) is 2.61. The highest BCUT2D eigenvalue weighted by Gasteiger charge is 2.20. The molecule has 0 unspecified atom stereocenters. The van der Waals surface area contributed by atoms with Crippen molar-refractivity contribution in [1.82, 2.24) is 4.98 Å². The van der Waals surface area contributed by atoms with Gasteiger partial charge in [-0.25, -0.2) is 9.78 Å². The molecule has 6 nitrogen and oxygen atoms in total. The van der Waals surface area contributed by atoms with E-state index in [2.05, 4.69) is 18.8 Å². The third kappa shape index (κ3) is 5.13. The summed E-state index contributed by atoms with van der Waals surface area (Å²) in [5.74, 6) is 1.50. The highest BCUT2D eigenvalue weighted by Crippen LogP contribution is 2.30. The number of aromatic nitrogens is 1. The smallest absolute Gasteiger partial charge is 0.497 e. The van der Waals surface area contributed by atoms with Crippen molar-refractivity contribution in [2.24, 2.45) is 5.92 Å². The summed E-state index contributed by atoms with van der Waals surface area (Å²) in [6.45, 7) is 4.23. The van der Waals surface area contributed by atoms with E-state index >= 15 is 0 Å². The number of hydrogen-bond acceptors (Lipinski definition) is 6. The molecule has 0 N–H and O–H groups in total. The second kappa shape index (κ2) is 9.08. The van der Waals surface area contributed by atoms with Crippen molar-refractivity contribution in [2.75, 3.05) is 7.11 Å². The van der Waals surface area contributed by atoms with Crippen LogP contribution in [0.3, 0.4) is 0 Å². The molecule has 6 heteroatoms. The molecule has 0 fully saturated rings. The fourth-order valence-electron chi connectivity index (χ4n) is 2.61. The van der Waals surface area contributed by atoms with E-state index in [1.54, 1.807) is 7.11 Å². The summed E-state index contributed by atoms with van der Waals surface area (Å²) >= 11 is 0. The number of hydrogen-bond donors (Lipinski definition) is 0. The highest BCUT2D eigenvalue weighted by molar-refractivity contribution is 5.64. The summed E-state index contributed by atoms with van der Waals surface area (Å²) in [5.41, 5.74) is 2.22. The number of benzene rings is 2. The Hall–Kier alpha value is -3.28. The first-order valence-electron chi connectivity index (χ1n) is 9.08. The number of oxazole rings is 1. The molecule has 0 aliphatic rings. The van der Waals surface area contributed by atoms with E-state index in [1.165, 1.54) is 0 Å². The lowest BCUT2D eigenvalue weighted by Crippen LogP contribution is -2.11. The first kappa shape index (κ1) is 19.5. The number of carbonyl (C=O) groups excluding carboxylic acids is 1. The molecule has 0 saturated carbocycles. The molecule has 28 heavy (non-hydrogen) atoms. The maximum atomic E-state index is 12.1. The molecule has 1 heterocycles. The number of ether oxygens (including phenoxy) is 3. The molecule has 2 aromatic carbocycles. The zero-order valence-corrected chi connectivity index (χ0v) is 16.2. The van der Waals surface area contributed by atoms with Gasteiger partial charge in [0.2, 0.25) is 5.89 Å². The van der Waals surface area contributed by atoms with E-state index in [1.807, 2.05) is 54.6 Å². The number of methoxy groups -OCH3 is 1. The molecule has 0 spiro atoms. The van der Waals surface area contributed by atoms with Crippen LogP contribution in [0.25, 0.3) is 11.5 Å². The van der Waals surface area contributed by atoms with Crippen molar-refractivity contribution in [2.45, 2.75) is 26.9 Å². The standard InChI is InChI=1S/C22H23NO5/c1-15(2)13-19-21(28-22(24)26-14-16-7-5-4-6-8-16)27-20(23-19)17-9-11-18(25-3)12-10-17/h4-12,15H,13-14H2,1-3H3. The summed E-state index contributed by atoms with van der Waals surface area (Å²) in [5, 5.41) is 0. The van der Waals surface area contributed by atoms with Crippen molar-refractivity contribution in [3.63, 3.8) is 0 Å². The Kier molecular flexibility index (Phi) is 6.32. The Balaban J connectivity index is 1.74. The minimum absolute atomic E-state index is 0.0672. The quantitative estimate of drug-likeness (QED) is 0.520. The van der Waals surface area contributed by atoms with Gasteiger partial charge in [0.15, 0.2) is 0 Å².